The topological polar surface area (TPSA) is 57.5 Å². The maximum absolute atomic E-state index is 10.8. The van der Waals surface area contributed by atoms with Crippen molar-refractivity contribution in [2.24, 2.45) is 0 Å². The number of rotatable bonds is 19. The average Bonchev–Trinajstić information content (AvgIpc) is 2.70. The number of benzene rings is 1. The Kier molecular flexibility index (Phi) is 15.6. The molecule has 0 fully saturated rings. The third-order valence-corrected chi connectivity index (χ3v) is 5.57. The van der Waals surface area contributed by atoms with E-state index in [0.717, 1.165) is 12.8 Å². The molecule has 0 bridgehead atoms. The fourth-order valence-corrected chi connectivity index (χ4v) is 3.73. The second kappa shape index (κ2) is 17.7. The van der Waals surface area contributed by atoms with Crippen LogP contribution in [0.5, 0.6) is 0 Å². The van der Waals surface area contributed by atoms with E-state index in [1.54, 1.807) is 12.1 Å². The Morgan fingerprint density at radius 3 is 1.29 bits per heavy atom. The molecule has 1 rings (SSSR count). The van der Waals surface area contributed by atoms with E-state index in [-0.39, 0.29) is 0 Å². The minimum absolute atomic E-state index is 0.352. The minimum atomic E-state index is -0.850. The van der Waals surface area contributed by atoms with E-state index in [2.05, 4.69) is 0 Å². The molecule has 0 amide bonds. The summed E-state index contributed by atoms with van der Waals surface area (Å²) in [7, 11) is 0. The molecule has 1 aromatic carbocycles. The predicted octanol–water partition coefficient (Wildman–Crippen LogP) is 7.16. The molecule has 0 unspecified atom stereocenters. The molecule has 1 aromatic rings. The van der Waals surface area contributed by atoms with Crippen molar-refractivity contribution >= 4 is 5.97 Å². The third-order valence-electron chi connectivity index (χ3n) is 5.57. The standard InChI is InChI=1S/C25H42O3/c26-22-16-14-12-10-8-6-4-2-1-3-5-7-9-11-13-15-17-23-18-20-24(21-19-23)25(27)28/h18-21,26H,1-17,22H2,(H,27,28). The largest absolute Gasteiger partial charge is 0.478 e. The van der Waals surface area contributed by atoms with Gasteiger partial charge in [0.25, 0.3) is 0 Å². The lowest BCUT2D eigenvalue weighted by molar-refractivity contribution is 0.0697. The molecule has 2 N–H and O–H groups in total. The summed E-state index contributed by atoms with van der Waals surface area (Å²) in [6.45, 7) is 0.352. The Bertz CT molecular complexity index is 481. The average molecular weight is 391 g/mol. The first-order valence-corrected chi connectivity index (χ1v) is 11.7. The number of aromatic carboxylic acids is 1. The fraction of sp³-hybridized carbons (Fsp3) is 0.720. The van der Waals surface area contributed by atoms with Crippen LogP contribution in [0.15, 0.2) is 24.3 Å². The highest BCUT2D eigenvalue weighted by atomic mass is 16.4. The zero-order valence-corrected chi connectivity index (χ0v) is 17.8. The van der Waals surface area contributed by atoms with Gasteiger partial charge in [-0.05, 0) is 37.0 Å². The molecule has 0 aromatic heterocycles. The molecule has 28 heavy (non-hydrogen) atoms. The summed E-state index contributed by atoms with van der Waals surface area (Å²) in [5.74, 6) is -0.850. The van der Waals surface area contributed by atoms with E-state index in [1.165, 1.54) is 102 Å². The van der Waals surface area contributed by atoms with Gasteiger partial charge in [-0.15, -0.1) is 0 Å². The number of aryl methyl sites for hydroxylation is 1. The molecule has 0 radical (unpaired) electrons. The Labute approximate surface area is 172 Å². The SMILES string of the molecule is O=C(O)c1ccc(CCCCCCCCCCCCCCCCCCO)cc1. The molecule has 160 valence electrons. The smallest absolute Gasteiger partial charge is 0.335 e. The van der Waals surface area contributed by atoms with Crippen molar-refractivity contribution in [3.05, 3.63) is 35.4 Å². The van der Waals surface area contributed by atoms with Crippen molar-refractivity contribution in [3.8, 4) is 0 Å². The second-order valence-electron chi connectivity index (χ2n) is 8.13. The highest BCUT2D eigenvalue weighted by Crippen LogP contribution is 2.15. The summed E-state index contributed by atoms with van der Waals surface area (Å²) in [6, 6.07) is 7.30. The molecule has 0 atom stereocenters. The lowest BCUT2D eigenvalue weighted by Gasteiger charge is -2.04. The Morgan fingerprint density at radius 1 is 0.571 bits per heavy atom. The van der Waals surface area contributed by atoms with Gasteiger partial charge in [0.05, 0.1) is 5.56 Å². The number of carboxylic acid groups (broad SMARTS) is 1. The summed E-state index contributed by atoms with van der Waals surface area (Å²) >= 11 is 0. The maximum Gasteiger partial charge on any atom is 0.335 e. The van der Waals surface area contributed by atoms with Crippen molar-refractivity contribution < 1.29 is 15.0 Å². The van der Waals surface area contributed by atoms with Gasteiger partial charge in [0.15, 0.2) is 0 Å². The van der Waals surface area contributed by atoms with E-state index < -0.39 is 5.97 Å². The Balaban J connectivity index is 1.79. The monoisotopic (exact) mass is 390 g/mol. The number of carbonyl (C=O) groups is 1. The van der Waals surface area contributed by atoms with Gasteiger partial charge < -0.3 is 10.2 Å². The molecule has 3 nitrogen and oxygen atoms in total. The van der Waals surface area contributed by atoms with Crippen molar-refractivity contribution in [3.63, 3.8) is 0 Å². The van der Waals surface area contributed by atoms with Gasteiger partial charge in [0.2, 0.25) is 0 Å². The van der Waals surface area contributed by atoms with Crippen LogP contribution < -0.4 is 0 Å². The summed E-state index contributed by atoms with van der Waals surface area (Å²) in [5.41, 5.74) is 1.62. The zero-order valence-electron chi connectivity index (χ0n) is 17.8. The van der Waals surface area contributed by atoms with E-state index in [1.807, 2.05) is 12.1 Å². The molecular formula is C25H42O3. The van der Waals surface area contributed by atoms with Crippen LogP contribution in [0, 0.1) is 0 Å². The van der Waals surface area contributed by atoms with Crippen LogP contribution in [-0.4, -0.2) is 22.8 Å². The normalized spacial score (nSPS) is 11.0. The van der Waals surface area contributed by atoms with E-state index in [9.17, 15) is 4.79 Å². The summed E-state index contributed by atoms with van der Waals surface area (Å²) in [4.78, 5) is 10.8. The maximum atomic E-state index is 10.8. The Hall–Kier alpha value is -1.35. The minimum Gasteiger partial charge on any atom is -0.478 e. The molecule has 0 saturated carbocycles. The number of carboxylic acids is 1. The quantitative estimate of drug-likeness (QED) is 0.246. The van der Waals surface area contributed by atoms with Gasteiger partial charge in [-0.2, -0.15) is 0 Å². The number of aliphatic hydroxyl groups excluding tert-OH is 1. The second-order valence-corrected chi connectivity index (χ2v) is 8.13. The fourth-order valence-electron chi connectivity index (χ4n) is 3.73. The van der Waals surface area contributed by atoms with Gasteiger partial charge in [0.1, 0.15) is 0 Å². The third kappa shape index (κ3) is 13.8. The lowest BCUT2D eigenvalue weighted by Crippen LogP contribution is -1.96. The van der Waals surface area contributed by atoms with Crippen LogP contribution in [0.1, 0.15) is 119 Å². The molecule has 0 aliphatic rings. The number of hydrogen-bond acceptors (Lipinski definition) is 2. The highest BCUT2D eigenvalue weighted by molar-refractivity contribution is 5.87. The summed E-state index contributed by atoms with van der Waals surface area (Å²) in [5, 5.41) is 17.6. The van der Waals surface area contributed by atoms with Gasteiger partial charge in [-0.1, -0.05) is 102 Å². The molecule has 0 aliphatic heterocycles. The molecule has 0 spiro atoms. The predicted molar refractivity (Wildman–Crippen MR) is 118 cm³/mol. The molecule has 0 aliphatic carbocycles. The highest BCUT2D eigenvalue weighted by Gasteiger charge is 2.01. The first-order valence-electron chi connectivity index (χ1n) is 11.7. The molecular weight excluding hydrogens is 348 g/mol. The van der Waals surface area contributed by atoms with Crippen LogP contribution in [0.25, 0.3) is 0 Å². The van der Waals surface area contributed by atoms with Crippen LogP contribution in [0.4, 0.5) is 0 Å². The van der Waals surface area contributed by atoms with E-state index in [4.69, 9.17) is 10.2 Å². The first kappa shape index (κ1) is 24.7. The van der Waals surface area contributed by atoms with Crippen LogP contribution >= 0.6 is 0 Å². The van der Waals surface area contributed by atoms with Gasteiger partial charge in [-0.3, -0.25) is 0 Å². The van der Waals surface area contributed by atoms with Crippen molar-refractivity contribution in [1.29, 1.82) is 0 Å². The van der Waals surface area contributed by atoms with Crippen LogP contribution in [0.3, 0.4) is 0 Å². The Morgan fingerprint density at radius 2 is 0.929 bits per heavy atom. The number of hydrogen-bond donors (Lipinski definition) is 2. The van der Waals surface area contributed by atoms with Gasteiger partial charge >= 0.3 is 5.97 Å². The number of unbranched alkanes of at least 4 members (excludes halogenated alkanes) is 15. The van der Waals surface area contributed by atoms with Crippen molar-refractivity contribution in [1.82, 2.24) is 0 Å². The van der Waals surface area contributed by atoms with Gasteiger partial charge in [0, 0.05) is 6.61 Å². The van der Waals surface area contributed by atoms with Crippen molar-refractivity contribution in [2.45, 2.75) is 109 Å². The van der Waals surface area contributed by atoms with E-state index >= 15 is 0 Å². The zero-order chi connectivity index (χ0) is 20.3. The molecule has 0 heterocycles. The number of aliphatic hydroxyl groups is 1. The summed E-state index contributed by atoms with van der Waals surface area (Å²) in [6.07, 6.45) is 22.1. The molecule has 3 heteroatoms. The van der Waals surface area contributed by atoms with E-state index in [0.29, 0.717) is 12.2 Å². The first-order chi connectivity index (χ1) is 13.7. The lowest BCUT2D eigenvalue weighted by atomic mass is 10.0. The summed E-state index contributed by atoms with van der Waals surface area (Å²) < 4.78 is 0. The van der Waals surface area contributed by atoms with Crippen molar-refractivity contribution in [2.75, 3.05) is 6.61 Å². The van der Waals surface area contributed by atoms with Crippen LogP contribution in [-0.2, 0) is 6.42 Å². The molecule has 0 saturated heterocycles. The van der Waals surface area contributed by atoms with Gasteiger partial charge in [-0.25, -0.2) is 4.79 Å². The van der Waals surface area contributed by atoms with Crippen LogP contribution in [0.2, 0.25) is 0 Å².